The number of benzene rings is 2. The number of alkyl halides is 3. The number of nitrogens with one attached hydrogen (secondary N) is 1. The summed E-state index contributed by atoms with van der Waals surface area (Å²) in [6, 6.07) is 14.3. The van der Waals surface area contributed by atoms with E-state index in [-0.39, 0.29) is 30.0 Å². The normalized spacial score (nSPS) is 14.2. The van der Waals surface area contributed by atoms with Gasteiger partial charge in [-0.1, -0.05) is 24.3 Å². The first-order valence-electron chi connectivity index (χ1n) is 11.5. The Kier molecular flexibility index (Phi) is 8.04. The molecule has 8 nitrogen and oxygen atoms in total. The number of hydrogen-bond acceptors (Lipinski definition) is 7. The van der Waals surface area contributed by atoms with Crippen molar-refractivity contribution in [1.29, 1.82) is 0 Å². The van der Waals surface area contributed by atoms with Crippen LogP contribution in [0.25, 0.3) is 11.1 Å². The molecule has 11 heteroatoms. The molecule has 194 valence electrons. The second-order valence-electron chi connectivity index (χ2n) is 8.46. The summed E-state index contributed by atoms with van der Waals surface area (Å²) in [6.45, 7) is 1.98. The molecule has 3 N–H and O–H groups in total. The third-order valence-electron chi connectivity index (χ3n) is 5.71. The van der Waals surface area contributed by atoms with E-state index < -0.39 is 18.0 Å². The van der Waals surface area contributed by atoms with Gasteiger partial charge in [-0.2, -0.15) is 0 Å². The number of carbonyl (C=O) groups excluding carboxylic acids is 2. The number of amides is 1. The van der Waals surface area contributed by atoms with Crippen molar-refractivity contribution in [3.8, 4) is 16.9 Å². The number of rotatable bonds is 8. The van der Waals surface area contributed by atoms with Crippen molar-refractivity contribution in [1.82, 2.24) is 9.88 Å². The Bertz CT molecular complexity index is 1240. The van der Waals surface area contributed by atoms with Crippen LogP contribution in [0.3, 0.4) is 0 Å². The molecular formula is C26H25F3N4O4. The predicted octanol–water partition coefficient (Wildman–Crippen LogP) is 3.93. The molecule has 0 bridgehead atoms. The number of halogens is 3. The molecule has 0 unspecified atom stereocenters. The van der Waals surface area contributed by atoms with Crippen LogP contribution in [0.1, 0.15) is 15.9 Å². The van der Waals surface area contributed by atoms with E-state index in [1.807, 2.05) is 23.1 Å². The molecule has 0 aliphatic carbocycles. The maximum Gasteiger partial charge on any atom is 0.573 e. The highest BCUT2D eigenvalue weighted by Crippen LogP contribution is 2.32. The van der Waals surface area contributed by atoms with Gasteiger partial charge in [-0.15, -0.1) is 13.2 Å². The molecule has 1 amide bonds. The van der Waals surface area contributed by atoms with Crippen molar-refractivity contribution in [2.24, 2.45) is 0 Å². The fourth-order valence-corrected chi connectivity index (χ4v) is 3.85. The third-order valence-corrected chi connectivity index (χ3v) is 5.71. The number of Topliss-reactive ketones (excluding diaryl/α,β-unsaturated/α-hetero) is 1. The summed E-state index contributed by atoms with van der Waals surface area (Å²) in [5.41, 5.74) is 8.00. The summed E-state index contributed by atoms with van der Waals surface area (Å²) in [4.78, 5) is 31.3. The summed E-state index contributed by atoms with van der Waals surface area (Å²) in [6.07, 6.45) is -3.30. The van der Waals surface area contributed by atoms with Gasteiger partial charge in [-0.05, 0) is 41.5 Å². The van der Waals surface area contributed by atoms with Crippen LogP contribution >= 0.6 is 0 Å². The lowest BCUT2D eigenvalue weighted by molar-refractivity contribution is -0.274. The number of ether oxygens (including phenoxy) is 2. The molecular weight excluding hydrogens is 489 g/mol. The van der Waals surface area contributed by atoms with Gasteiger partial charge < -0.3 is 20.5 Å². The van der Waals surface area contributed by atoms with Crippen molar-refractivity contribution in [3.05, 3.63) is 71.9 Å². The highest BCUT2D eigenvalue weighted by molar-refractivity contribution is 6.00. The molecule has 2 aromatic carbocycles. The lowest BCUT2D eigenvalue weighted by atomic mass is 9.99. The van der Waals surface area contributed by atoms with E-state index in [0.717, 1.165) is 17.2 Å². The van der Waals surface area contributed by atoms with Crippen molar-refractivity contribution in [2.45, 2.75) is 12.8 Å². The Hall–Kier alpha value is -3.96. The SMILES string of the molecule is Nc1ccc(-c2ccc(CC(=O)c3ccc(OC(F)(F)F)c(NC(=O)CN4CCOCC4)c3)cc2)cn1. The fraction of sp³-hybridized carbons (Fsp3) is 0.269. The van der Waals surface area contributed by atoms with Crippen molar-refractivity contribution in [2.75, 3.05) is 43.9 Å². The van der Waals surface area contributed by atoms with Crippen molar-refractivity contribution >= 4 is 23.2 Å². The Morgan fingerprint density at radius 2 is 1.73 bits per heavy atom. The molecule has 1 aromatic heterocycles. The zero-order valence-electron chi connectivity index (χ0n) is 19.8. The van der Waals surface area contributed by atoms with E-state index in [1.54, 1.807) is 24.4 Å². The van der Waals surface area contributed by atoms with Crippen molar-refractivity contribution in [3.63, 3.8) is 0 Å². The van der Waals surface area contributed by atoms with Crippen LogP contribution in [0.15, 0.2) is 60.8 Å². The van der Waals surface area contributed by atoms with Crippen LogP contribution in [0.5, 0.6) is 5.75 Å². The summed E-state index contributed by atoms with van der Waals surface area (Å²) in [7, 11) is 0. The molecule has 0 spiro atoms. The number of nitrogen functional groups attached to an aromatic ring is 1. The van der Waals surface area contributed by atoms with Gasteiger partial charge in [0.15, 0.2) is 11.5 Å². The number of anilines is 2. The Balaban J connectivity index is 1.48. The average molecular weight is 515 g/mol. The van der Waals surface area contributed by atoms with E-state index in [0.29, 0.717) is 37.7 Å². The summed E-state index contributed by atoms with van der Waals surface area (Å²) in [5, 5.41) is 2.46. The third kappa shape index (κ3) is 7.51. The van der Waals surface area contributed by atoms with E-state index in [2.05, 4.69) is 15.0 Å². The molecule has 1 aliphatic heterocycles. The lowest BCUT2D eigenvalue weighted by Gasteiger charge is -2.26. The summed E-state index contributed by atoms with van der Waals surface area (Å²) < 4.78 is 48.1. The van der Waals surface area contributed by atoms with E-state index >= 15 is 0 Å². The largest absolute Gasteiger partial charge is 0.573 e. The number of pyridine rings is 1. The average Bonchev–Trinajstić information content (AvgIpc) is 2.86. The summed E-state index contributed by atoms with van der Waals surface area (Å²) >= 11 is 0. The van der Waals surface area contributed by atoms with Gasteiger partial charge in [0.25, 0.3) is 0 Å². The van der Waals surface area contributed by atoms with Gasteiger partial charge in [0, 0.05) is 36.8 Å². The maximum atomic E-state index is 12.9. The molecule has 1 aliphatic rings. The van der Waals surface area contributed by atoms with Crippen LogP contribution in [-0.4, -0.2) is 60.8 Å². The zero-order chi connectivity index (χ0) is 26.4. The number of carbonyl (C=O) groups is 2. The lowest BCUT2D eigenvalue weighted by Crippen LogP contribution is -2.41. The zero-order valence-corrected chi connectivity index (χ0v) is 19.8. The molecule has 1 saturated heterocycles. The first-order valence-corrected chi connectivity index (χ1v) is 11.5. The quantitative estimate of drug-likeness (QED) is 0.439. The minimum atomic E-state index is -4.96. The number of ketones is 1. The van der Waals surface area contributed by atoms with Crippen LogP contribution in [0, 0.1) is 0 Å². The van der Waals surface area contributed by atoms with Crippen molar-refractivity contribution < 1.29 is 32.2 Å². The summed E-state index contributed by atoms with van der Waals surface area (Å²) in [5.74, 6) is -1.04. The molecule has 1 fully saturated rings. The second-order valence-corrected chi connectivity index (χ2v) is 8.46. The molecule has 2 heterocycles. The Morgan fingerprint density at radius 1 is 1.03 bits per heavy atom. The number of nitrogens with zero attached hydrogens (tertiary/aromatic N) is 2. The maximum absolute atomic E-state index is 12.9. The Morgan fingerprint density at radius 3 is 2.38 bits per heavy atom. The first-order chi connectivity index (χ1) is 17.7. The monoisotopic (exact) mass is 514 g/mol. The van der Waals surface area contributed by atoms with Gasteiger partial charge >= 0.3 is 6.36 Å². The minimum Gasteiger partial charge on any atom is -0.404 e. The number of hydrogen-bond donors (Lipinski definition) is 2. The van der Waals surface area contributed by atoms with E-state index in [4.69, 9.17) is 10.5 Å². The molecule has 0 saturated carbocycles. The number of morpholine rings is 1. The van der Waals surface area contributed by atoms with Gasteiger partial charge in [0.1, 0.15) is 5.82 Å². The van der Waals surface area contributed by atoms with E-state index in [1.165, 1.54) is 12.1 Å². The minimum absolute atomic E-state index is 0.0148. The molecule has 3 aromatic rings. The molecule has 0 atom stereocenters. The van der Waals surface area contributed by atoms with Crippen LogP contribution in [0.2, 0.25) is 0 Å². The smallest absolute Gasteiger partial charge is 0.404 e. The van der Waals surface area contributed by atoms with Gasteiger partial charge in [-0.25, -0.2) is 4.98 Å². The van der Waals surface area contributed by atoms with Crippen LogP contribution in [-0.2, 0) is 16.0 Å². The van der Waals surface area contributed by atoms with Gasteiger partial charge in [0.2, 0.25) is 5.91 Å². The van der Waals surface area contributed by atoms with Crippen LogP contribution < -0.4 is 15.8 Å². The highest BCUT2D eigenvalue weighted by Gasteiger charge is 2.32. The topological polar surface area (TPSA) is 107 Å². The Labute approximate surface area is 211 Å². The van der Waals surface area contributed by atoms with Crippen LogP contribution in [0.4, 0.5) is 24.7 Å². The number of nitrogens with two attached hydrogens (primary N) is 1. The fourth-order valence-electron chi connectivity index (χ4n) is 3.85. The second kappa shape index (κ2) is 11.4. The number of aromatic nitrogens is 1. The molecule has 4 rings (SSSR count). The van der Waals surface area contributed by atoms with Gasteiger partial charge in [-0.3, -0.25) is 14.5 Å². The van der Waals surface area contributed by atoms with E-state index in [9.17, 15) is 22.8 Å². The molecule has 0 radical (unpaired) electrons. The highest BCUT2D eigenvalue weighted by atomic mass is 19.4. The first kappa shape index (κ1) is 26.1. The van der Waals surface area contributed by atoms with Gasteiger partial charge in [0.05, 0.1) is 25.4 Å². The molecule has 37 heavy (non-hydrogen) atoms. The standard InChI is InChI=1S/C26H25F3N4O4/c27-26(28,29)37-23-7-5-19(14-21(23)32-25(35)16-33-9-11-36-12-10-33)22(34)13-17-1-3-18(4-2-17)20-6-8-24(30)31-15-20/h1-8,14-15H,9-13,16H2,(H2,30,31)(H,32,35). The predicted molar refractivity (Wildman–Crippen MR) is 131 cm³/mol.